The number of aryl methyl sites for hydroxylation is 1. The molecule has 25 heavy (non-hydrogen) atoms. The molecule has 0 atom stereocenters. The number of benzene rings is 2. The Bertz CT molecular complexity index is 847. The van der Waals surface area contributed by atoms with Gasteiger partial charge in [-0.15, -0.1) is 0 Å². The zero-order valence-electron chi connectivity index (χ0n) is 13.3. The molecule has 0 spiro atoms. The van der Waals surface area contributed by atoms with Crippen molar-refractivity contribution in [3.63, 3.8) is 0 Å². The Morgan fingerprint density at radius 3 is 2.48 bits per heavy atom. The van der Waals surface area contributed by atoms with Crippen LogP contribution in [0.3, 0.4) is 0 Å². The largest absolute Gasteiger partial charge is 0.454 e. The van der Waals surface area contributed by atoms with Gasteiger partial charge in [0.25, 0.3) is 5.69 Å². The Balaban J connectivity index is 1.93. The van der Waals surface area contributed by atoms with Crippen molar-refractivity contribution in [3.8, 4) is 11.5 Å². The average molecular weight is 381 g/mol. The van der Waals surface area contributed by atoms with Gasteiger partial charge in [-0.1, -0.05) is 23.2 Å². The quantitative estimate of drug-likeness (QED) is 0.555. The molecular weight excluding hydrogens is 367 g/mol. The number of nitrogens with zero attached hydrogens (tertiary/aromatic N) is 2. The van der Waals surface area contributed by atoms with Crippen molar-refractivity contribution in [3.05, 3.63) is 56.1 Å². The lowest BCUT2D eigenvalue weighted by Gasteiger charge is -2.18. The first kappa shape index (κ1) is 17.5. The lowest BCUT2D eigenvalue weighted by atomic mass is 10.1. The summed E-state index contributed by atoms with van der Waals surface area (Å²) in [5, 5.41) is 11.0. The number of anilines is 1. The molecule has 0 aromatic heterocycles. The van der Waals surface area contributed by atoms with Gasteiger partial charge in [0.2, 0.25) is 5.91 Å². The van der Waals surface area contributed by atoms with E-state index in [-0.39, 0.29) is 27.4 Å². The minimum absolute atomic E-state index is 0.0569. The molecule has 0 aliphatic carbocycles. The van der Waals surface area contributed by atoms with Crippen molar-refractivity contribution in [2.24, 2.45) is 0 Å². The third kappa shape index (κ3) is 3.55. The molecule has 0 N–H and O–H groups in total. The number of ether oxygens (including phenoxy) is 1. The smallest absolute Gasteiger partial charge is 0.272 e. The number of nitro benzene ring substituents is 1. The van der Waals surface area contributed by atoms with Gasteiger partial charge in [-0.05, 0) is 36.6 Å². The number of carbonyl (C=O) groups excluding carboxylic acids is 1. The highest BCUT2D eigenvalue weighted by atomic mass is 35.5. The van der Waals surface area contributed by atoms with E-state index in [1.165, 1.54) is 12.1 Å². The van der Waals surface area contributed by atoms with E-state index in [0.717, 1.165) is 24.1 Å². The van der Waals surface area contributed by atoms with Gasteiger partial charge in [0.1, 0.15) is 5.75 Å². The van der Waals surface area contributed by atoms with Crippen LogP contribution in [0.4, 0.5) is 11.4 Å². The second kappa shape index (κ2) is 6.90. The maximum Gasteiger partial charge on any atom is 0.272 e. The van der Waals surface area contributed by atoms with E-state index in [4.69, 9.17) is 27.9 Å². The molecule has 0 saturated heterocycles. The highest BCUT2D eigenvalue weighted by molar-refractivity contribution is 6.37. The normalized spacial score (nSPS) is 14.0. The van der Waals surface area contributed by atoms with Gasteiger partial charge in [-0.2, -0.15) is 0 Å². The minimum atomic E-state index is -0.573. The van der Waals surface area contributed by atoms with Gasteiger partial charge < -0.3 is 9.64 Å². The number of carbonyl (C=O) groups is 1. The summed E-state index contributed by atoms with van der Waals surface area (Å²) < 4.78 is 5.75. The monoisotopic (exact) mass is 380 g/mol. The summed E-state index contributed by atoms with van der Waals surface area (Å²) in [5.41, 5.74) is 1.63. The van der Waals surface area contributed by atoms with Crippen molar-refractivity contribution in [2.75, 3.05) is 11.9 Å². The standard InChI is InChI=1S/C17H14Cl2N2O4/c1-20-15-6-5-12(7-10(15)3-2-4-16(20)22)25-17-13(18)8-11(21(23)24)9-14(17)19/h5-9H,2-4H2,1H3. The van der Waals surface area contributed by atoms with Crippen molar-refractivity contribution in [2.45, 2.75) is 19.3 Å². The van der Waals surface area contributed by atoms with Gasteiger partial charge in [0.05, 0.1) is 15.0 Å². The van der Waals surface area contributed by atoms with Gasteiger partial charge in [0.15, 0.2) is 5.75 Å². The Morgan fingerprint density at radius 1 is 1.16 bits per heavy atom. The van der Waals surface area contributed by atoms with Gasteiger partial charge in [0, 0.05) is 31.3 Å². The fraction of sp³-hybridized carbons (Fsp3) is 0.235. The van der Waals surface area contributed by atoms with E-state index >= 15 is 0 Å². The van der Waals surface area contributed by atoms with Crippen LogP contribution in [0.2, 0.25) is 10.0 Å². The maximum absolute atomic E-state index is 11.9. The fourth-order valence-corrected chi connectivity index (χ4v) is 3.30. The lowest BCUT2D eigenvalue weighted by molar-refractivity contribution is -0.384. The number of rotatable bonds is 3. The number of hydrogen-bond acceptors (Lipinski definition) is 4. The third-order valence-corrected chi connectivity index (χ3v) is 4.60. The van der Waals surface area contributed by atoms with Crippen LogP contribution >= 0.6 is 23.2 Å². The lowest BCUT2D eigenvalue weighted by Crippen LogP contribution is -2.24. The van der Waals surface area contributed by atoms with E-state index in [1.807, 2.05) is 6.07 Å². The van der Waals surface area contributed by atoms with Gasteiger partial charge in [-0.25, -0.2) is 0 Å². The Morgan fingerprint density at radius 2 is 1.84 bits per heavy atom. The third-order valence-electron chi connectivity index (χ3n) is 4.04. The summed E-state index contributed by atoms with van der Waals surface area (Å²) in [6.45, 7) is 0. The molecular formula is C17H14Cl2N2O4. The average Bonchev–Trinajstić information content (AvgIpc) is 2.70. The molecule has 2 aromatic carbocycles. The van der Waals surface area contributed by atoms with Gasteiger partial charge >= 0.3 is 0 Å². The predicted molar refractivity (Wildman–Crippen MR) is 96.0 cm³/mol. The molecule has 1 heterocycles. The first-order valence-electron chi connectivity index (χ1n) is 7.57. The first-order valence-corrected chi connectivity index (χ1v) is 8.33. The Labute approximate surface area is 154 Å². The van der Waals surface area contributed by atoms with E-state index in [1.54, 1.807) is 24.1 Å². The Kier molecular flexibility index (Phi) is 4.83. The van der Waals surface area contributed by atoms with E-state index in [9.17, 15) is 14.9 Å². The van der Waals surface area contributed by atoms with Crippen molar-refractivity contribution in [1.82, 2.24) is 0 Å². The highest BCUT2D eigenvalue weighted by Crippen LogP contribution is 2.40. The number of amides is 1. The molecule has 6 nitrogen and oxygen atoms in total. The van der Waals surface area contributed by atoms with Crippen molar-refractivity contribution in [1.29, 1.82) is 0 Å². The Hall–Kier alpha value is -2.31. The van der Waals surface area contributed by atoms with Crippen LogP contribution in [-0.4, -0.2) is 17.9 Å². The number of non-ortho nitro benzene ring substituents is 1. The molecule has 0 fully saturated rings. The molecule has 8 heteroatoms. The molecule has 0 saturated carbocycles. The molecule has 1 aliphatic rings. The van der Waals surface area contributed by atoms with Crippen LogP contribution in [0.25, 0.3) is 0 Å². The fourth-order valence-electron chi connectivity index (χ4n) is 2.75. The van der Waals surface area contributed by atoms with Crippen molar-refractivity contribution < 1.29 is 14.5 Å². The summed E-state index contributed by atoms with van der Waals surface area (Å²) >= 11 is 12.1. The number of fused-ring (bicyclic) bond motifs is 1. The molecule has 130 valence electrons. The predicted octanol–water partition coefficient (Wildman–Crippen LogP) is 4.99. The van der Waals surface area contributed by atoms with Crippen LogP contribution in [0.5, 0.6) is 11.5 Å². The minimum Gasteiger partial charge on any atom is -0.454 e. The molecule has 0 bridgehead atoms. The maximum atomic E-state index is 11.9. The first-order chi connectivity index (χ1) is 11.9. The van der Waals surface area contributed by atoms with E-state index in [0.29, 0.717) is 12.2 Å². The molecule has 1 amide bonds. The molecule has 0 radical (unpaired) electrons. The summed E-state index contributed by atoms with van der Waals surface area (Å²) in [6, 6.07) is 7.74. The topological polar surface area (TPSA) is 72.7 Å². The number of hydrogen-bond donors (Lipinski definition) is 0. The molecule has 2 aromatic rings. The van der Waals surface area contributed by atoms with Crippen LogP contribution < -0.4 is 9.64 Å². The second-order valence-corrected chi connectivity index (χ2v) is 6.51. The van der Waals surface area contributed by atoms with Crippen LogP contribution in [-0.2, 0) is 11.2 Å². The molecule has 0 unspecified atom stereocenters. The van der Waals surface area contributed by atoms with Crippen LogP contribution in [0, 0.1) is 10.1 Å². The van der Waals surface area contributed by atoms with Crippen LogP contribution in [0.1, 0.15) is 18.4 Å². The SMILES string of the molecule is CN1C(=O)CCCc2cc(Oc3c(Cl)cc([N+](=O)[O-])cc3Cl)ccc21. The highest BCUT2D eigenvalue weighted by Gasteiger charge is 2.20. The zero-order valence-corrected chi connectivity index (χ0v) is 14.8. The molecule has 1 aliphatic heterocycles. The zero-order chi connectivity index (χ0) is 18.1. The number of nitro groups is 1. The van der Waals surface area contributed by atoms with Gasteiger partial charge in [-0.3, -0.25) is 14.9 Å². The summed E-state index contributed by atoms with van der Waals surface area (Å²) in [5.74, 6) is 0.736. The summed E-state index contributed by atoms with van der Waals surface area (Å²) in [4.78, 5) is 23.8. The number of halogens is 2. The van der Waals surface area contributed by atoms with E-state index in [2.05, 4.69) is 0 Å². The second-order valence-electron chi connectivity index (χ2n) is 5.69. The summed E-state index contributed by atoms with van der Waals surface area (Å²) in [6.07, 6.45) is 2.02. The summed E-state index contributed by atoms with van der Waals surface area (Å²) in [7, 11) is 1.75. The van der Waals surface area contributed by atoms with Crippen LogP contribution in [0.15, 0.2) is 30.3 Å². The molecule has 3 rings (SSSR count). The van der Waals surface area contributed by atoms with Crippen molar-refractivity contribution >= 4 is 40.5 Å². The van der Waals surface area contributed by atoms with E-state index < -0.39 is 4.92 Å².